The molecular formula is C42H69N3O3. The van der Waals surface area contributed by atoms with Gasteiger partial charge in [0, 0.05) is 34.8 Å². The molecule has 0 unspecified atom stereocenters. The van der Waals surface area contributed by atoms with E-state index in [-0.39, 0.29) is 35.6 Å². The number of benzene rings is 1. The van der Waals surface area contributed by atoms with Gasteiger partial charge in [-0.15, -0.1) is 0 Å². The molecule has 0 heterocycles. The van der Waals surface area contributed by atoms with Crippen LogP contribution < -0.4 is 16.0 Å². The van der Waals surface area contributed by atoms with Crippen LogP contribution in [0.25, 0.3) is 0 Å². The van der Waals surface area contributed by atoms with Gasteiger partial charge in [0.2, 0.25) is 11.8 Å². The third kappa shape index (κ3) is 9.65. The number of anilines is 2. The second-order valence-corrected chi connectivity index (χ2v) is 17.9. The summed E-state index contributed by atoms with van der Waals surface area (Å²) >= 11 is 0. The van der Waals surface area contributed by atoms with Crippen molar-refractivity contribution in [2.24, 2.45) is 45.8 Å². The van der Waals surface area contributed by atoms with Crippen LogP contribution in [-0.4, -0.2) is 23.8 Å². The first kappa shape index (κ1) is 38.4. The van der Waals surface area contributed by atoms with Gasteiger partial charge in [-0.1, -0.05) is 81.6 Å². The van der Waals surface area contributed by atoms with E-state index >= 15 is 0 Å². The minimum atomic E-state index is -0.135. The zero-order chi connectivity index (χ0) is 35.3. The van der Waals surface area contributed by atoms with Crippen LogP contribution in [-0.2, 0) is 9.59 Å². The van der Waals surface area contributed by atoms with Crippen molar-refractivity contribution in [2.45, 2.75) is 165 Å². The van der Waals surface area contributed by atoms with Gasteiger partial charge in [0.1, 0.15) is 0 Å². The maximum Gasteiger partial charge on any atom is 0.251 e. The van der Waals surface area contributed by atoms with Gasteiger partial charge in [0.25, 0.3) is 5.91 Å². The third-order valence-corrected chi connectivity index (χ3v) is 14.0. The summed E-state index contributed by atoms with van der Waals surface area (Å²) in [6.07, 6.45) is 15.5. The first-order valence-corrected chi connectivity index (χ1v) is 19.7. The Morgan fingerprint density at radius 3 is 1.21 bits per heavy atom. The second-order valence-electron chi connectivity index (χ2n) is 17.9. The number of hydrogen-bond acceptors (Lipinski definition) is 3. The summed E-state index contributed by atoms with van der Waals surface area (Å²) in [7, 11) is 0. The molecule has 3 N–H and O–H groups in total. The monoisotopic (exact) mass is 664 g/mol. The Morgan fingerprint density at radius 1 is 0.542 bits per heavy atom. The van der Waals surface area contributed by atoms with Crippen molar-refractivity contribution in [3.05, 3.63) is 23.8 Å². The number of amides is 3. The molecule has 48 heavy (non-hydrogen) atoms. The Balaban J connectivity index is 1.45. The van der Waals surface area contributed by atoms with Gasteiger partial charge < -0.3 is 16.0 Å². The minimum absolute atomic E-state index is 0.0197. The fourth-order valence-corrected chi connectivity index (χ4v) is 8.82. The summed E-state index contributed by atoms with van der Waals surface area (Å²) in [6, 6.07) is 5.56. The van der Waals surface area contributed by atoms with Crippen molar-refractivity contribution in [3.8, 4) is 0 Å². The Labute approximate surface area is 293 Å². The molecule has 0 aliphatic heterocycles. The number of nitrogens with one attached hydrogen (secondary N) is 3. The molecule has 1 aromatic rings. The molecule has 3 saturated carbocycles. The zero-order valence-corrected chi connectivity index (χ0v) is 32.0. The van der Waals surface area contributed by atoms with Crippen LogP contribution in [0.3, 0.4) is 0 Å². The van der Waals surface area contributed by atoms with Crippen molar-refractivity contribution < 1.29 is 14.4 Å². The molecule has 0 radical (unpaired) electrons. The lowest BCUT2D eigenvalue weighted by atomic mass is 9.67. The fourth-order valence-electron chi connectivity index (χ4n) is 8.82. The number of carbonyl (C=O) groups is 3. The van der Waals surface area contributed by atoms with Gasteiger partial charge in [-0.25, -0.2) is 0 Å². The molecule has 0 bridgehead atoms. The molecule has 0 atom stereocenters. The van der Waals surface area contributed by atoms with E-state index in [2.05, 4.69) is 78.3 Å². The Kier molecular flexibility index (Phi) is 12.9. The SMILES string of the molecule is CCC(C)(C)C1CCC(NC(=O)c2cc(NC(=O)C3CCC(C(C)(C)CC)CC3)cc(NC(=O)C3CCC(C(C)(C)CC)CC3)c2)CC1. The molecule has 6 heteroatoms. The van der Waals surface area contributed by atoms with E-state index in [1.54, 1.807) is 12.1 Å². The van der Waals surface area contributed by atoms with E-state index in [4.69, 9.17) is 0 Å². The Bertz CT molecular complexity index is 1170. The predicted molar refractivity (Wildman–Crippen MR) is 200 cm³/mol. The lowest BCUT2D eigenvalue weighted by Gasteiger charge is -2.39. The maximum atomic E-state index is 13.7. The Hall–Kier alpha value is -2.37. The average molecular weight is 664 g/mol. The first-order valence-electron chi connectivity index (χ1n) is 19.7. The van der Waals surface area contributed by atoms with Crippen LogP contribution in [0.5, 0.6) is 0 Å². The zero-order valence-electron chi connectivity index (χ0n) is 32.0. The van der Waals surface area contributed by atoms with E-state index in [0.717, 1.165) is 96.3 Å². The highest BCUT2D eigenvalue weighted by Gasteiger charge is 2.36. The summed E-state index contributed by atoms with van der Waals surface area (Å²) < 4.78 is 0. The molecule has 0 spiro atoms. The van der Waals surface area contributed by atoms with Gasteiger partial charge >= 0.3 is 0 Å². The maximum absolute atomic E-state index is 13.7. The summed E-state index contributed by atoms with van der Waals surface area (Å²) in [5.41, 5.74) is 2.58. The molecule has 3 fully saturated rings. The fraction of sp³-hybridized carbons (Fsp3) is 0.786. The van der Waals surface area contributed by atoms with E-state index in [9.17, 15) is 14.4 Å². The molecule has 0 aromatic heterocycles. The second kappa shape index (κ2) is 16.1. The largest absolute Gasteiger partial charge is 0.349 e. The van der Waals surface area contributed by atoms with Crippen LogP contribution in [0.1, 0.15) is 169 Å². The highest BCUT2D eigenvalue weighted by atomic mass is 16.2. The van der Waals surface area contributed by atoms with Crippen LogP contribution in [0.2, 0.25) is 0 Å². The molecule has 3 amide bonds. The minimum Gasteiger partial charge on any atom is -0.349 e. The summed E-state index contributed by atoms with van der Waals surface area (Å²) in [4.78, 5) is 40.8. The predicted octanol–water partition coefficient (Wildman–Crippen LogP) is 10.8. The molecule has 0 saturated heterocycles. The summed E-state index contributed by atoms with van der Waals surface area (Å²) in [6.45, 7) is 20.9. The lowest BCUT2D eigenvalue weighted by molar-refractivity contribution is -0.122. The van der Waals surface area contributed by atoms with Crippen LogP contribution in [0.4, 0.5) is 11.4 Å². The first-order chi connectivity index (χ1) is 22.6. The van der Waals surface area contributed by atoms with Crippen molar-refractivity contribution in [1.82, 2.24) is 5.32 Å². The molecule has 3 aliphatic rings. The van der Waals surface area contributed by atoms with E-state index < -0.39 is 0 Å². The smallest absolute Gasteiger partial charge is 0.251 e. The Morgan fingerprint density at radius 2 is 0.875 bits per heavy atom. The van der Waals surface area contributed by atoms with E-state index in [1.807, 2.05) is 6.07 Å². The quantitative estimate of drug-likeness (QED) is 0.208. The highest BCUT2D eigenvalue weighted by Crippen LogP contribution is 2.44. The lowest BCUT2D eigenvalue weighted by Crippen LogP contribution is -2.40. The van der Waals surface area contributed by atoms with Crippen molar-refractivity contribution in [1.29, 1.82) is 0 Å². The van der Waals surface area contributed by atoms with Crippen molar-refractivity contribution in [2.75, 3.05) is 10.6 Å². The van der Waals surface area contributed by atoms with Crippen molar-refractivity contribution >= 4 is 29.1 Å². The number of hydrogen-bond donors (Lipinski definition) is 3. The van der Waals surface area contributed by atoms with Gasteiger partial charge in [0.05, 0.1) is 0 Å². The van der Waals surface area contributed by atoms with Gasteiger partial charge in [-0.05, 0) is 129 Å². The van der Waals surface area contributed by atoms with E-state index in [0.29, 0.717) is 50.9 Å². The molecule has 1 aromatic carbocycles. The van der Waals surface area contributed by atoms with Gasteiger partial charge in [0.15, 0.2) is 0 Å². The normalized spacial score (nSPS) is 27.2. The van der Waals surface area contributed by atoms with Crippen LogP contribution >= 0.6 is 0 Å². The third-order valence-electron chi connectivity index (χ3n) is 14.0. The standard InChI is InChI=1S/C42H69N3O3/c1-10-40(4,5)31-17-13-28(14-18-31)37(46)44-35-25-30(39(48)43-34-23-21-33(22-24-34)42(8,9)12-3)26-36(27-35)45-38(47)29-15-19-32(20-16-29)41(6,7)11-2/h25-29,31-34H,10-24H2,1-9H3,(H,43,48)(H,44,46)(H,45,47). The molecule has 270 valence electrons. The molecule has 6 nitrogen and oxygen atoms in total. The number of rotatable bonds is 12. The summed E-state index contributed by atoms with van der Waals surface area (Å²) in [5.74, 6) is 1.81. The van der Waals surface area contributed by atoms with Gasteiger partial charge in [-0.3, -0.25) is 14.4 Å². The summed E-state index contributed by atoms with van der Waals surface area (Å²) in [5, 5.41) is 9.62. The van der Waals surface area contributed by atoms with Crippen molar-refractivity contribution in [3.63, 3.8) is 0 Å². The van der Waals surface area contributed by atoms with E-state index in [1.165, 1.54) is 0 Å². The van der Waals surface area contributed by atoms with Crippen LogP contribution in [0, 0.1) is 45.8 Å². The molecule has 3 aliphatic carbocycles. The molecule has 4 rings (SSSR count). The average Bonchev–Trinajstić information content (AvgIpc) is 3.08. The number of carbonyl (C=O) groups excluding carboxylic acids is 3. The van der Waals surface area contributed by atoms with Crippen LogP contribution in [0.15, 0.2) is 18.2 Å². The topological polar surface area (TPSA) is 87.3 Å². The van der Waals surface area contributed by atoms with Gasteiger partial charge in [-0.2, -0.15) is 0 Å². The molecular weight excluding hydrogens is 594 g/mol. The highest BCUT2D eigenvalue weighted by molar-refractivity contribution is 6.01.